The summed E-state index contributed by atoms with van der Waals surface area (Å²) in [6.45, 7) is 2.94. The molecule has 18 heavy (non-hydrogen) atoms. The monoisotopic (exact) mass is 353 g/mol. The number of rotatable bonds is 4. The van der Waals surface area contributed by atoms with Crippen LogP contribution in [0, 0.1) is 0 Å². The molecule has 0 atom stereocenters. The summed E-state index contributed by atoms with van der Waals surface area (Å²) in [6, 6.07) is 1.95. The summed E-state index contributed by atoms with van der Waals surface area (Å²) in [4.78, 5) is 1.03. The molecule has 0 unspecified atom stereocenters. The molecular formula is C10H16BrN3O2S2. The van der Waals surface area contributed by atoms with Gasteiger partial charge < -0.3 is 5.32 Å². The molecule has 5 nitrogen and oxygen atoms in total. The van der Waals surface area contributed by atoms with Crippen molar-refractivity contribution in [2.75, 3.05) is 33.2 Å². The summed E-state index contributed by atoms with van der Waals surface area (Å²) in [5.74, 6) is 0. The molecule has 0 aliphatic carbocycles. The first-order valence-corrected chi connectivity index (χ1v) is 8.72. The van der Waals surface area contributed by atoms with E-state index in [1.165, 1.54) is 8.61 Å². The normalized spacial score (nSPS) is 18.4. The average molecular weight is 354 g/mol. The molecule has 0 bridgehead atoms. The predicted octanol–water partition coefficient (Wildman–Crippen LogP) is 1.09. The van der Waals surface area contributed by atoms with Gasteiger partial charge in [0.05, 0.1) is 0 Å². The fraction of sp³-hybridized carbons (Fsp3) is 0.600. The highest BCUT2D eigenvalue weighted by molar-refractivity contribution is 9.10. The van der Waals surface area contributed by atoms with E-state index < -0.39 is 10.2 Å². The van der Waals surface area contributed by atoms with Gasteiger partial charge in [0.25, 0.3) is 10.2 Å². The zero-order chi connectivity index (χ0) is 13.2. The lowest BCUT2D eigenvalue weighted by atomic mass is 10.4. The second-order valence-electron chi connectivity index (χ2n) is 4.14. The van der Waals surface area contributed by atoms with Crippen LogP contribution in [0.25, 0.3) is 0 Å². The highest BCUT2D eigenvalue weighted by Crippen LogP contribution is 2.22. The summed E-state index contributed by atoms with van der Waals surface area (Å²) >= 11 is 4.93. The summed E-state index contributed by atoms with van der Waals surface area (Å²) in [7, 11) is -1.70. The number of hydrogen-bond donors (Lipinski definition) is 1. The first-order chi connectivity index (χ1) is 8.50. The Hall–Kier alpha value is 0.01000. The van der Waals surface area contributed by atoms with Crippen LogP contribution in [0.1, 0.15) is 4.88 Å². The molecule has 0 saturated carbocycles. The molecule has 0 amide bonds. The van der Waals surface area contributed by atoms with Crippen molar-refractivity contribution in [3.05, 3.63) is 20.8 Å². The molecule has 1 aromatic rings. The molecule has 0 radical (unpaired) electrons. The van der Waals surface area contributed by atoms with Crippen molar-refractivity contribution < 1.29 is 8.42 Å². The highest BCUT2D eigenvalue weighted by atomic mass is 79.9. The average Bonchev–Trinajstić information content (AvgIpc) is 2.76. The minimum Gasteiger partial charge on any atom is -0.314 e. The zero-order valence-electron chi connectivity index (χ0n) is 10.1. The second kappa shape index (κ2) is 5.98. The third-order valence-electron chi connectivity index (χ3n) is 2.80. The van der Waals surface area contributed by atoms with Crippen LogP contribution in [0.4, 0.5) is 0 Å². The zero-order valence-corrected chi connectivity index (χ0v) is 13.3. The van der Waals surface area contributed by atoms with Crippen LogP contribution in [0.5, 0.6) is 0 Å². The molecule has 2 heterocycles. The van der Waals surface area contributed by atoms with Gasteiger partial charge in [-0.2, -0.15) is 17.0 Å². The lowest BCUT2D eigenvalue weighted by Gasteiger charge is -2.30. The van der Waals surface area contributed by atoms with E-state index in [0.717, 1.165) is 22.4 Å². The first kappa shape index (κ1) is 14.4. The maximum absolute atomic E-state index is 12.3. The van der Waals surface area contributed by atoms with Crippen molar-refractivity contribution in [3.63, 3.8) is 0 Å². The lowest BCUT2D eigenvalue weighted by molar-refractivity contribution is 0.325. The van der Waals surface area contributed by atoms with Gasteiger partial charge in [-0.15, -0.1) is 11.3 Å². The third-order valence-corrected chi connectivity index (χ3v) is 6.41. The van der Waals surface area contributed by atoms with E-state index in [4.69, 9.17) is 0 Å². The van der Waals surface area contributed by atoms with Gasteiger partial charge in [-0.05, 0) is 22.0 Å². The van der Waals surface area contributed by atoms with Gasteiger partial charge in [0, 0.05) is 54.5 Å². The quantitative estimate of drug-likeness (QED) is 0.881. The topological polar surface area (TPSA) is 52.7 Å². The minimum atomic E-state index is -3.33. The van der Waals surface area contributed by atoms with E-state index in [2.05, 4.69) is 21.2 Å². The lowest BCUT2D eigenvalue weighted by Crippen LogP contribution is -2.50. The van der Waals surface area contributed by atoms with Gasteiger partial charge in [-0.1, -0.05) is 0 Å². The number of hydrogen-bond acceptors (Lipinski definition) is 4. The predicted molar refractivity (Wildman–Crippen MR) is 76.8 cm³/mol. The van der Waals surface area contributed by atoms with Crippen LogP contribution in [0.2, 0.25) is 0 Å². The Bertz CT molecular complexity index is 497. The maximum atomic E-state index is 12.3. The summed E-state index contributed by atoms with van der Waals surface area (Å²) < 4.78 is 28.6. The molecule has 0 aromatic carbocycles. The van der Waals surface area contributed by atoms with E-state index in [0.29, 0.717) is 19.6 Å². The van der Waals surface area contributed by atoms with Crippen molar-refractivity contribution in [1.82, 2.24) is 13.9 Å². The highest BCUT2D eigenvalue weighted by Gasteiger charge is 2.28. The number of nitrogens with zero attached hydrogens (tertiary/aromatic N) is 2. The number of thiophene rings is 1. The van der Waals surface area contributed by atoms with Crippen molar-refractivity contribution >= 4 is 37.5 Å². The van der Waals surface area contributed by atoms with Crippen molar-refractivity contribution in [2.24, 2.45) is 0 Å². The van der Waals surface area contributed by atoms with E-state index in [-0.39, 0.29) is 0 Å². The fourth-order valence-electron chi connectivity index (χ4n) is 1.81. The van der Waals surface area contributed by atoms with Gasteiger partial charge in [-0.3, -0.25) is 0 Å². The molecule has 0 spiro atoms. The fourth-order valence-corrected chi connectivity index (χ4v) is 4.74. The molecule has 8 heteroatoms. The molecule has 1 fully saturated rings. The van der Waals surface area contributed by atoms with Crippen molar-refractivity contribution in [2.45, 2.75) is 6.54 Å². The smallest absolute Gasteiger partial charge is 0.282 e. The van der Waals surface area contributed by atoms with Crippen molar-refractivity contribution in [1.29, 1.82) is 0 Å². The van der Waals surface area contributed by atoms with Crippen LogP contribution in [0.3, 0.4) is 0 Å². The van der Waals surface area contributed by atoms with Crippen LogP contribution in [-0.2, 0) is 16.8 Å². The minimum absolute atomic E-state index is 0.419. The number of nitrogens with one attached hydrogen (secondary N) is 1. The van der Waals surface area contributed by atoms with Crippen LogP contribution >= 0.6 is 27.3 Å². The molecule has 1 saturated heterocycles. The summed E-state index contributed by atoms with van der Waals surface area (Å²) in [5, 5.41) is 5.11. The Labute approximate surface area is 120 Å². The molecule has 1 aliphatic rings. The summed E-state index contributed by atoms with van der Waals surface area (Å²) in [5.41, 5.74) is 0. The number of halogens is 1. The number of piperazine rings is 1. The molecule has 1 aromatic heterocycles. The van der Waals surface area contributed by atoms with E-state index in [9.17, 15) is 8.42 Å². The van der Waals surface area contributed by atoms with Crippen LogP contribution in [-0.4, -0.2) is 50.3 Å². The Morgan fingerprint density at radius 1 is 1.50 bits per heavy atom. The van der Waals surface area contributed by atoms with E-state index in [1.807, 2.05) is 11.4 Å². The Kier molecular flexibility index (Phi) is 4.79. The first-order valence-electron chi connectivity index (χ1n) is 5.65. The summed E-state index contributed by atoms with van der Waals surface area (Å²) in [6.07, 6.45) is 0. The standard InChI is InChI=1S/C10H16BrN3O2S2/c1-13(7-10-6-9(11)8-17-10)18(15,16)14-4-2-12-3-5-14/h6,8,12H,2-5,7H2,1H3. The Morgan fingerprint density at radius 3 is 2.72 bits per heavy atom. The Morgan fingerprint density at radius 2 is 2.17 bits per heavy atom. The Balaban J connectivity index is 2.04. The van der Waals surface area contributed by atoms with Crippen LogP contribution < -0.4 is 5.32 Å². The van der Waals surface area contributed by atoms with Gasteiger partial charge in [-0.25, -0.2) is 0 Å². The largest absolute Gasteiger partial charge is 0.314 e. The van der Waals surface area contributed by atoms with E-state index >= 15 is 0 Å². The molecule has 102 valence electrons. The third kappa shape index (κ3) is 3.31. The molecule has 1 N–H and O–H groups in total. The molecule has 2 rings (SSSR count). The second-order valence-corrected chi connectivity index (χ2v) is 8.09. The van der Waals surface area contributed by atoms with E-state index in [1.54, 1.807) is 18.4 Å². The van der Waals surface area contributed by atoms with Gasteiger partial charge in [0.2, 0.25) is 0 Å². The maximum Gasteiger partial charge on any atom is 0.282 e. The molecular weight excluding hydrogens is 338 g/mol. The van der Waals surface area contributed by atoms with Gasteiger partial charge in [0.15, 0.2) is 0 Å². The van der Waals surface area contributed by atoms with Gasteiger partial charge >= 0.3 is 0 Å². The van der Waals surface area contributed by atoms with Gasteiger partial charge in [0.1, 0.15) is 0 Å². The van der Waals surface area contributed by atoms with Crippen molar-refractivity contribution in [3.8, 4) is 0 Å². The molecule has 1 aliphatic heterocycles. The van der Waals surface area contributed by atoms with Crippen LogP contribution in [0.15, 0.2) is 15.9 Å². The SMILES string of the molecule is CN(Cc1cc(Br)cs1)S(=O)(=O)N1CCNCC1.